The van der Waals surface area contributed by atoms with Gasteiger partial charge in [-0.25, -0.2) is 13.1 Å². The third-order valence-electron chi connectivity index (χ3n) is 3.74. The van der Waals surface area contributed by atoms with Crippen molar-refractivity contribution >= 4 is 27.6 Å². The first-order valence-electron chi connectivity index (χ1n) is 7.26. The molecule has 1 amide bonds. The first-order chi connectivity index (χ1) is 11.6. The summed E-state index contributed by atoms with van der Waals surface area (Å²) in [6.45, 7) is 3.16. The van der Waals surface area contributed by atoms with Crippen LogP contribution in [-0.2, 0) is 20.2 Å². The number of carboxylic acids is 1. The fraction of sp³-hybridized carbons (Fsp3) is 0.250. The van der Waals surface area contributed by atoms with E-state index in [1.165, 1.54) is 19.2 Å². The zero-order valence-corrected chi connectivity index (χ0v) is 14.7. The van der Waals surface area contributed by atoms with E-state index in [-0.39, 0.29) is 10.9 Å². The van der Waals surface area contributed by atoms with E-state index in [1.807, 2.05) is 0 Å². The van der Waals surface area contributed by atoms with Crippen LogP contribution in [0.1, 0.15) is 30.0 Å². The zero-order valence-electron chi connectivity index (χ0n) is 13.9. The summed E-state index contributed by atoms with van der Waals surface area (Å²) in [4.78, 5) is 23.4. The highest BCUT2D eigenvalue weighted by atomic mass is 32.2. The summed E-state index contributed by atoms with van der Waals surface area (Å²) in [5, 5.41) is 11.4. The summed E-state index contributed by atoms with van der Waals surface area (Å²) in [6.07, 6.45) is 0. The summed E-state index contributed by atoms with van der Waals surface area (Å²) in [7, 11) is -2.53. The predicted molar refractivity (Wildman–Crippen MR) is 90.0 cm³/mol. The first-order valence-corrected chi connectivity index (χ1v) is 8.75. The number of anilines is 1. The summed E-state index contributed by atoms with van der Waals surface area (Å²) in [5.41, 5.74) is -0.0530. The zero-order chi connectivity index (χ0) is 18.8. The molecule has 9 heteroatoms. The van der Waals surface area contributed by atoms with Crippen molar-refractivity contribution in [2.24, 2.45) is 0 Å². The van der Waals surface area contributed by atoms with Crippen LogP contribution in [0.2, 0.25) is 0 Å². The maximum absolute atomic E-state index is 12.1. The lowest BCUT2D eigenvalue weighted by atomic mass is 9.85. The minimum atomic E-state index is -3.77. The fourth-order valence-electron chi connectivity index (χ4n) is 1.97. The monoisotopic (exact) mass is 366 g/mol. The number of hydrogen-bond acceptors (Lipinski definition) is 5. The minimum Gasteiger partial charge on any atom is -0.481 e. The number of rotatable bonds is 6. The van der Waals surface area contributed by atoms with Gasteiger partial charge in [0.25, 0.3) is 15.9 Å². The second kappa shape index (κ2) is 6.69. The Morgan fingerprint density at radius 1 is 1.08 bits per heavy atom. The number of hydrogen-bond donors (Lipinski definition) is 3. The van der Waals surface area contributed by atoms with Crippen molar-refractivity contribution in [2.45, 2.75) is 24.4 Å². The van der Waals surface area contributed by atoms with Crippen LogP contribution < -0.4 is 10.0 Å². The molecule has 25 heavy (non-hydrogen) atoms. The van der Waals surface area contributed by atoms with Gasteiger partial charge in [-0.1, -0.05) is 12.1 Å². The van der Waals surface area contributed by atoms with E-state index in [9.17, 15) is 23.1 Å². The molecule has 2 rings (SSSR count). The van der Waals surface area contributed by atoms with Crippen LogP contribution in [-0.4, -0.2) is 32.4 Å². The molecule has 0 bridgehead atoms. The molecule has 0 aliphatic rings. The molecule has 2 aromatic rings. The molecule has 8 nitrogen and oxygen atoms in total. The van der Waals surface area contributed by atoms with Gasteiger partial charge in [0.2, 0.25) is 5.09 Å². The number of benzene rings is 1. The third kappa shape index (κ3) is 3.89. The van der Waals surface area contributed by atoms with Crippen molar-refractivity contribution in [2.75, 3.05) is 12.4 Å². The molecule has 0 spiro atoms. The molecule has 1 aromatic heterocycles. The van der Waals surface area contributed by atoms with Crippen LogP contribution in [0.25, 0.3) is 0 Å². The standard InChI is InChI=1S/C16H18N2O6S/c1-16(2,15(20)21)10-4-6-11(7-5-10)18-14(19)12-8-9-13(24-12)25(22,23)17-3/h4-9,17H,1-3H3,(H,18,19)(H,20,21). The van der Waals surface area contributed by atoms with E-state index >= 15 is 0 Å². The molecule has 0 atom stereocenters. The third-order valence-corrected chi connectivity index (χ3v) is 5.02. The van der Waals surface area contributed by atoms with Crippen LogP contribution in [0.3, 0.4) is 0 Å². The average molecular weight is 366 g/mol. The molecule has 1 heterocycles. The molecule has 134 valence electrons. The topological polar surface area (TPSA) is 126 Å². The number of amides is 1. The predicted octanol–water partition coefficient (Wildman–Crippen LogP) is 1.80. The number of furan rings is 1. The van der Waals surface area contributed by atoms with Crippen LogP contribution in [0.15, 0.2) is 45.9 Å². The van der Waals surface area contributed by atoms with Crippen molar-refractivity contribution in [3.8, 4) is 0 Å². The SMILES string of the molecule is CNS(=O)(=O)c1ccc(C(=O)Nc2ccc(C(C)(C)C(=O)O)cc2)o1. The highest BCUT2D eigenvalue weighted by Gasteiger charge is 2.29. The van der Waals surface area contributed by atoms with Crippen LogP contribution in [0.4, 0.5) is 5.69 Å². The smallest absolute Gasteiger partial charge is 0.313 e. The molecule has 0 saturated heterocycles. The second-order valence-corrected chi connectivity index (χ2v) is 7.61. The van der Waals surface area contributed by atoms with Crippen LogP contribution in [0.5, 0.6) is 0 Å². The molecule has 0 unspecified atom stereocenters. The molecule has 3 N–H and O–H groups in total. The molecule has 0 fully saturated rings. The largest absolute Gasteiger partial charge is 0.481 e. The van der Waals surface area contributed by atoms with Gasteiger partial charge in [-0.05, 0) is 50.7 Å². The molecular weight excluding hydrogens is 348 g/mol. The summed E-state index contributed by atoms with van der Waals surface area (Å²) < 4.78 is 30.3. The van der Waals surface area contributed by atoms with Crippen LogP contribution in [0, 0.1) is 0 Å². The Hall–Kier alpha value is -2.65. The summed E-state index contributed by atoms with van der Waals surface area (Å²) >= 11 is 0. The van der Waals surface area contributed by atoms with Crippen LogP contribution >= 0.6 is 0 Å². The summed E-state index contributed by atoms with van der Waals surface area (Å²) in [6, 6.07) is 8.75. The molecule has 0 aliphatic heterocycles. The maximum atomic E-state index is 12.1. The van der Waals surface area contributed by atoms with Gasteiger partial charge in [0, 0.05) is 5.69 Å². The number of aliphatic carboxylic acids is 1. The number of nitrogens with one attached hydrogen (secondary N) is 2. The van der Waals surface area contributed by atoms with E-state index in [2.05, 4.69) is 10.0 Å². The van der Waals surface area contributed by atoms with Crippen molar-refractivity contribution in [1.29, 1.82) is 0 Å². The van der Waals surface area contributed by atoms with Crippen molar-refractivity contribution < 1.29 is 27.5 Å². The van der Waals surface area contributed by atoms with Crippen molar-refractivity contribution in [3.63, 3.8) is 0 Å². The lowest BCUT2D eigenvalue weighted by Crippen LogP contribution is -2.28. The van der Waals surface area contributed by atoms with Gasteiger partial charge in [-0.15, -0.1) is 0 Å². The molecule has 0 saturated carbocycles. The minimum absolute atomic E-state index is 0.163. The normalized spacial score (nSPS) is 12.0. The van der Waals surface area contributed by atoms with Gasteiger partial charge in [-0.2, -0.15) is 0 Å². The number of sulfonamides is 1. The highest BCUT2D eigenvalue weighted by molar-refractivity contribution is 7.89. The maximum Gasteiger partial charge on any atom is 0.313 e. The van der Waals surface area contributed by atoms with Gasteiger partial charge >= 0.3 is 5.97 Å². The summed E-state index contributed by atoms with van der Waals surface area (Å²) in [5.74, 6) is -1.75. The van der Waals surface area contributed by atoms with E-state index in [4.69, 9.17) is 4.42 Å². The molecular formula is C16H18N2O6S. The van der Waals surface area contributed by atoms with E-state index in [0.717, 1.165) is 0 Å². The van der Waals surface area contributed by atoms with E-state index in [1.54, 1.807) is 38.1 Å². The van der Waals surface area contributed by atoms with Gasteiger partial charge in [-0.3, -0.25) is 9.59 Å². The van der Waals surface area contributed by atoms with Gasteiger partial charge in [0.1, 0.15) is 0 Å². The lowest BCUT2D eigenvalue weighted by molar-refractivity contribution is -0.142. The Labute approximate surface area is 144 Å². The first kappa shape index (κ1) is 18.7. The Bertz CT molecular complexity index is 897. The molecule has 0 aliphatic carbocycles. The number of carbonyl (C=O) groups is 2. The second-order valence-electron chi connectivity index (χ2n) is 5.79. The number of carboxylic acid groups (broad SMARTS) is 1. The average Bonchev–Trinajstić information content (AvgIpc) is 3.06. The van der Waals surface area contributed by atoms with E-state index < -0.39 is 27.3 Å². The molecule has 0 radical (unpaired) electrons. The van der Waals surface area contributed by atoms with Gasteiger partial charge < -0.3 is 14.8 Å². The van der Waals surface area contributed by atoms with Gasteiger partial charge in [0.15, 0.2) is 5.76 Å². The Balaban J connectivity index is 2.15. The van der Waals surface area contributed by atoms with Crippen molar-refractivity contribution in [3.05, 3.63) is 47.7 Å². The van der Waals surface area contributed by atoms with Gasteiger partial charge in [0.05, 0.1) is 5.41 Å². The Morgan fingerprint density at radius 2 is 1.68 bits per heavy atom. The quantitative estimate of drug-likeness (QED) is 0.716. The lowest BCUT2D eigenvalue weighted by Gasteiger charge is -2.19. The Morgan fingerprint density at radius 3 is 2.20 bits per heavy atom. The van der Waals surface area contributed by atoms with E-state index in [0.29, 0.717) is 11.3 Å². The highest BCUT2D eigenvalue weighted by Crippen LogP contribution is 2.25. The van der Waals surface area contributed by atoms with Crippen molar-refractivity contribution in [1.82, 2.24) is 4.72 Å². The molecule has 1 aromatic carbocycles. The Kier molecular flexibility index (Phi) is 5.00. The number of carbonyl (C=O) groups excluding carboxylic acids is 1. The fourth-order valence-corrected chi connectivity index (χ4v) is 2.62.